The van der Waals surface area contributed by atoms with Crippen LogP contribution in [0.5, 0.6) is 0 Å². The van der Waals surface area contributed by atoms with Gasteiger partial charge in [0, 0.05) is 17.7 Å². The fourth-order valence-electron chi connectivity index (χ4n) is 2.26. The molecular formula is C16H25ClFNO. The number of hydrogen-bond donors (Lipinski definition) is 1. The van der Waals surface area contributed by atoms with Crippen molar-refractivity contribution in [2.75, 3.05) is 13.2 Å². The Morgan fingerprint density at radius 1 is 1.35 bits per heavy atom. The largest absolute Gasteiger partial charge is 0.374 e. The summed E-state index contributed by atoms with van der Waals surface area (Å²) >= 11 is 5.80. The average Bonchev–Trinajstić information content (AvgIpc) is 2.36. The fourth-order valence-corrected chi connectivity index (χ4v) is 2.42. The Labute approximate surface area is 126 Å². The summed E-state index contributed by atoms with van der Waals surface area (Å²) in [6.07, 6.45) is 1.61. The monoisotopic (exact) mass is 301 g/mol. The first-order chi connectivity index (χ1) is 9.40. The van der Waals surface area contributed by atoms with Crippen LogP contribution in [0.2, 0.25) is 5.02 Å². The highest BCUT2D eigenvalue weighted by Gasteiger charge is 2.30. The predicted octanol–water partition coefficient (Wildman–Crippen LogP) is 4.20. The quantitative estimate of drug-likeness (QED) is 0.777. The molecule has 1 unspecified atom stereocenters. The van der Waals surface area contributed by atoms with Crippen LogP contribution in [0.25, 0.3) is 0 Å². The Morgan fingerprint density at radius 2 is 2.05 bits per heavy atom. The molecule has 1 N–H and O–H groups in total. The molecule has 1 atom stereocenters. The summed E-state index contributed by atoms with van der Waals surface area (Å²) in [4.78, 5) is 0. The van der Waals surface area contributed by atoms with E-state index in [0.717, 1.165) is 13.0 Å². The maximum atomic E-state index is 14.0. The third-order valence-electron chi connectivity index (χ3n) is 3.44. The summed E-state index contributed by atoms with van der Waals surface area (Å²) in [5.74, 6) is -0.256. The zero-order valence-electron chi connectivity index (χ0n) is 12.8. The first-order valence-corrected chi connectivity index (χ1v) is 7.59. The number of halogens is 2. The molecule has 0 aliphatic heterocycles. The Kier molecular flexibility index (Phi) is 6.93. The van der Waals surface area contributed by atoms with Gasteiger partial charge in [-0.25, -0.2) is 4.39 Å². The van der Waals surface area contributed by atoms with Gasteiger partial charge in [-0.2, -0.15) is 0 Å². The van der Waals surface area contributed by atoms with Gasteiger partial charge in [-0.1, -0.05) is 24.6 Å². The number of rotatable bonds is 8. The van der Waals surface area contributed by atoms with Crippen molar-refractivity contribution in [3.05, 3.63) is 34.6 Å². The number of nitrogens with one attached hydrogen (secondary N) is 1. The fraction of sp³-hybridized carbons (Fsp3) is 0.625. The molecule has 2 nitrogen and oxygen atoms in total. The minimum atomic E-state index is -0.351. The van der Waals surface area contributed by atoms with Gasteiger partial charge < -0.3 is 10.1 Å². The summed E-state index contributed by atoms with van der Waals surface area (Å²) in [7, 11) is 0. The third-order valence-corrected chi connectivity index (χ3v) is 3.67. The Morgan fingerprint density at radius 3 is 2.60 bits per heavy atom. The lowest BCUT2D eigenvalue weighted by Gasteiger charge is -2.35. The third kappa shape index (κ3) is 5.04. The van der Waals surface area contributed by atoms with Crippen molar-refractivity contribution in [1.82, 2.24) is 5.32 Å². The van der Waals surface area contributed by atoms with E-state index in [-0.39, 0.29) is 17.5 Å². The lowest BCUT2D eigenvalue weighted by Crippen LogP contribution is -2.50. The van der Waals surface area contributed by atoms with Crippen LogP contribution in [0.3, 0.4) is 0 Å². The second-order valence-electron chi connectivity index (χ2n) is 5.48. The minimum Gasteiger partial charge on any atom is -0.374 e. The van der Waals surface area contributed by atoms with E-state index >= 15 is 0 Å². The Hall–Kier alpha value is -0.640. The Balaban J connectivity index is 2.88. The standard InChI is InChI=1S/C16H25ClFNO/c1-5-9-19-15(16(3,4)20-6-2)10-12-7-8-13(17)11-14(12)18/h7-8,11,15,19H,5-6,9-10H2,1-4H3. The molecule has 0 saturated heterocycles. The van der Waals surface area contributed by atoms with Gasteiger partial charge in [0.2, 0.25) is 0 Å². The molecule has 0 bridgehead atoms. The van der Waals surface area contributed by atoms with Gasteiger partial charge in [0.15, 0.2) is 0 Å². The lowest BCUT2D eigenvalue weighted by molar-refractivity contribution is -0.0381. The maximum absolute atomic E-state index is 14.0. The molecule has 0 fully saturated rings. The van der Waals surface area contributed by atoms with Crippen LogP contribution in [0.4, 0.5) is 4.39 Å². The van der Waals surface area contributed by atoms with Crippen molar-refractivity contribution in [1.29, 1.82) is 0 Å². The van der Waals surface area contributed by atoms with E-state index in [0.29, 0.717) is 23.6 Å². The average molecular weight is 302 g/mol. The molecule has 1 aromatic carbocycles. The van der Waals surface area contributed by atoms with Crippen molar-refractivity contribution >= 4 is 11.6 Å². The molecule has 0 aliphatic carbocycles. The van der Waals surface area contributed by atoms with Crippen LogP contribution in [0.15, 0.2) is 18.2 Å². The molecule has 0 aromatic heterocycles. The molecular weight excluding hydrogens is 277 g/mol. The highest BCUT2D eigenvalue weighted by Crippen LogP contribution is 2.22. The van der Waals surface area contributed by atoms with Gasteiger partial charge >= 0.3 is 0 Å². The normalized spacial score (nSPS) is 13.5. The zero-order valence-corrected chi connectivity index (χ0v) is 13.6. The van der Waals surface area contributed by atoms with E-state index in [4.69, 9.17) is 16.3 Å². The summed E-state index contributed by atoms with van der Waals surface area (Å²) in [6.45, 7) is 9.69. The van der Waals surface area contributed by atoms with Crippen molar-refractivity contribution in [2.45, 2.75) is 52.2 Å². The molecule has 20 heavy (non-hydrogen) atoms. The number of ether oxygens (including phenoxy) is 1. The Bertz CT molecular complexity index is 423. The molecule has 1 aromatic rings. The lowest BCUT2D eigenvalue weighted by atomic mass is 9.91. The molecule has 0 heterocycles. The van der Waals surface area contributed by atoms with Gasteiger partial charge in [-0.3, -0.25) is 0 Å². The molecule has 4 heteroatoms. The number of benzene rings is 1. The number of hydrogen-bond acceptors (Lipinski definition) is 2. The summed E-state index contributed by atoms with van der Waals surface area (Å²) in [6, 6.07) is 4.89. The first-order valence-electron chi connectivity index (χ1n) is 7.22. The van der Waals surface area contributed by atoms with Gasteiger partial charge in [0.05, 0.1) is 5.60 Å². The van der Waals surface area contributed by atoms with Gasteiger partial charge in [0.25, 0.3) is 0 Å². The smallest absolute Gasteiger partial charge is 0.127 e. The van der Waals surface area contributed by atoms with E-state index < -0.39 is 0 Å². The summed E-state index contributed by atoms with van der Waals surface area (Å²) < 4.78 is 19.8. The van der Waals surface area contributed by atoms with E-state index in [9.17, 15) is 4.39 Å². The highest BCUT2D eigenvalue weighted by atomic mass is 35.5. The molecule has 0 amide bonds. The second-order valence-corrected chi connectivity index (χ2v) is 5.92. The predicted molar refractivity (Wildman–Crippen MR) is 82.9 cm³/mol. The first kappa shape index (κ1) is 17.4. The molecule has 114 valence electrons. The van der Waals surface area contributed by atoms with Crippen LogP contribution in [0.1, 0.15) is 39.7 Å². The molecule has 0 radical (unpaired) electrons. The molecule has 1 rings (SSSR count). The van der Waals surface area contributed by atoms with E-state index in [2.05, 4.69) is 12.2 Å². The van der Waals surface area contributed by atoms with Crippen molar-refractivity contribution < 1.29 is 9.13 Å². The minimum absolute atomic E-state index is 0.0538. The highest BCUT2D eigenvalue weighted by molar-refractivity contribution is 6.30. The maximum Gasteiger partial charge on any atom is 0.127 e. The molecule has 0 aliphatic rings. The second kappa shape index (κ2) is 7.96. The van der Waals surface area contributed by atoms with E-state index in [1.165, 1.54) is 6.07 Å². The molecule has 0 saturated carbocycles. The van der Waals surface area contributed by atoms with Crippen molar-refractivity contribution in [2.24, 2.45) is 0 Å². The SMILES string of the molecule is CCCNC(Cc1ccc(Cl)cc1F)C(C)(C)OCC. The van der Waals surface area contributed by atoms with Gasteiger partial charge in [-0.15, -0.1) is 0 Å². The van der Waals surface area contributed by atoms with Crippen LogP contribution >= 0.6 is 11.6 Å². The van der Waals surface area contributed by atoms with Crippen molar-refractivity contribution in [3.63, 3.8) is 0 Å². The van der Waals surface area contributed by atoms with E-state index in [1.807, 2.05) is 20.8 Å². The van der Waals surface area contributed by atoms with Crippen LogP contribution < -0.4 is 5.32 Å². The van der Waals surface area contributed by atoms with Crippen LogP contribution in [-0.2, 0) is 11.2 Å². The van der Waals surface area contributed by atoms with Crippen LogP contribution in [-0.4, -0.2) is 24.8 Å². The van der Waals surface area contributed by atoms with Crippen LogP contribution in [0, 0.1) is 5.82 Å². The van der Waals surface area contributed by atoms with Gasteiger partial charge in [-0.05, 0) is 57.9 Å². The topological polar surface area (TPSA) is 21.3 Å². The van der Waals surface area contributed by atoms with E-state index in [1.54, 1.807) is 12.1 Å². The van der Waals surface area contributed by atoms with Gasteiger partial charge in [0.1, 0.15) is 5.82 Å². The summed E-state index contributed by atoms with van der Waals surface area (Å²) in [5, 5.41) is 3.88. The van der Waals surface area contributed by atoms with Crippen molar-refractivity contribution in [3.8, 4) is 0 Å². The summed E-state index contributed by atoms with van der Waals surface area (Å²) in [5.41, 5.74) is 0.312. The zero-order chi connectivity index (χ0) is 15.2. The molecule has 0 spiro atoms.